The molecule has 2 nitrogen and oxygen atoms in total. The zero-order valence-electron chi connectivity index (χ0n) is 12.1. The van der Waals surface area contributed by atoms with Crippen LogP contribution in [0.5, 0.6) is 0 Å². The highest BCUT2D eigenvalue weighted by molar-refractivity contribution is 5.55. The van der Waals surface area contributed by atoms with Gasteiger partial charge in [0.25, 0.3) is 0 Å². The first-order chi connectivity index (χ1) is 9.27. The van der Waals surface area contributed by atoms with Crippen LogP contribution < -0.4 is 10.2 Å². The average molecular weight is 264 g/mol. The topological polar surface area (TPSA) is 15.3 Å². The van der Waals surface area contributed by atoms with Crippen molar-refractivity contribution >= 4 is 5.69 Å². The first kappa shape index (κ1) is 14.3. The smallest absolute Gasteiger partial charge is 0.146 e. The van der Waals surface area contributed by atoms with Crippen molar-refractivity contribution in [1.29, 1.82) is 0 Å². The van der Waals surface area contributed by atoms with Gasteiger partial charge in [-0.3, -0.25) is 0 Å². The Morgan fingerprint density at radius 1 is 1.26 bits per heavy atom. The van der Waals surface area contributed by atoms with E-state index in [1.54, 1.807) is 12.1 Å². The van der Waals surface area contributed by atoms with Crippen LogP contribution in [0.3, 0.4) is 0 Å². The Morgan fingerprint density at radius 3 is 2.63 bits per heavy atom. The third-order valence-corrected chi connectivity index (χ3v) is 4.08. The van der Waals surface area contributed by atoms with E-state index in [2.05, 4.69) is 17.1 Å². The van der Waals surface area contributed by atoms with E-state index in [0.717, 1.165) is 24.3 Å². The predicted octanol–water partition coefficient (Wildman–Crippen LogP) is 3.70. The fraction of sp³-hybridized carbons (Fsp3) is 0.625. The van der Waals surface area contributed by atoms with Crippen molar-refractivity contribution in [2.75, 3.05) is 18.5 Å². The number of anilines is 1. The summed E-state index contributed by atoms with van der Waals surface area (Å²) in [6.45, 7) is 3.73. The molecule has 0 radical (unpaired) electrons. The average Bonchev–Trinajstić information content (AvgIpc) is 2.44. The van der Waals surface area contributed by atoms with Crippen LogP contribution in [0.15, 0.2) is 18.2 Å². The summed E-state index contributed by atoms with van der Waals surface area (Å²) >= 11 is 0. The quantitative estimate of drug-likeness (QED) is 0.872. The molecule has 19 heavy (non-hydrogen) atoms. The van der Waals surface area contributed by atoms with E-state index in [0.29, 0.717) is 6.04 Å². The van der Waals surface area contributed by atoms with E-state index in [4.69, 9.17) is 0 Å². The lowest BCUT2D eigenvalue weighted by Crippen LogP contribution is -2.38. The van der Waals surface area contributed by atoms with Crippen LogP contribution in [-0.2, 0) is 6.54 Å². The summed E-state index contributed by atoms with van der Waals surface area (Å²) in [5.74, 6) is -0.0832. The molecule has 0 bridgehead atoms. The molecule has 1 aromatic carbocycles. The lowest BCUT2D eigenvalue weighted by molar-refractivity contribution is 0.414. The van der Waals surface area contributed by atoms with Gasteiger partial charge >= 0.3 is 0 Å². The predicted molar refractivity (Wildman–Crippen MR) is 79.1 cm³/mol. The van der Waals surface area contributed by atoms with E-state index >= 15 is 0 Å². The van der Waals surface area contributed by atoms with Crippen LogP contribution in [0.1, 0.15) is 44.6 Å². The molecule has 1 N–H and O–H groups in total. The Labute approximate surface area is 116 Å². The van der Waals surface area contributed by atoms with Gasteiger partial charge in [0.1, 0.15) is 5.82 Å². The molecule has 1 aliphatic carbocycles. The number of hydrogen-bond acceptors (Lipinski definition) is 2. The normalized spacial score (nSPS) is 16.6. The molecule has 1 aromatic rings. The minimum atomic E-state index is -0.0832. The molecule has 0 spiro atoms. The standard InChI is InChI=1S/C16H25FN2/c1-3-19(14-9-5-4-6-10-14)16-13(12-18-2)8-7-11-15(16)17/h7-8,11,14,18H,3-6,9-10,12H2,1-2H3. The molecule has 106 valence electrons. The number of para-hydroxylation sites is 1. The van der Waals surface area contributed by atoms with Crippen molar-refractivity contribution in [1.82, 2.24) is 5.32 Å². The Hall–Kier alpha value is -1.09. The molecule has 0 unspecified atom stereocenters. The van der Waals surface area contributed by atoms with Crippen LogP contribution in [0.25, 0.3) is 0 Å². The molecular formula is C16H25FN2. The molecule has 0 atom stereocenters. The molecule has 0 amide bonds. The van der Waals surface area contributed by atoms with Gasteiger partial charge in [-0.2, -0.15) is 0 Å². The first-order valence-corrected chi connectivity index (χ1v) is 7.46. The van der Waals surface area contributed by atoms with E-state index in [-0.39, 0.29) is 5.82 Å². The monoisotopic (exact) mass is 264 g/mol. The second-order valence-electron chi connectivity index (χ2n) is 5.36. The van der Waals surface area contributed by atoms with Gasteiger partial charge in [0.15, 0.2) is 0 Å². The molecule has 0 aliphatic heterocycles. The maximum atomic E-state index is 14.3. The van der Waals surface area contributed by atoms with E-state index in [1.807, 2.05) is 13.1 Å². The van der Waals surface area contributed by atoms with E-state index in [1.165, 1.54) is 32.1 Å². The number of hydrogen-bond donors (Lipinski definition) is 1. The molecule has 0 aromatic heterocycles. The zero-order valence-corrected chi connectivity index (χ0v) is 12.1. The second kappa shape index (κ2) is 6.90. The number of halogens is 1. The summed E-state index contributed by atoms with van der Waals surface area (Å²) in [5.41, 5.74) is 1.88. The highest BCUT2D eigenvalue weighted by Gasteiger charge is 2.24. The van der Waals surface area contributed by atoms with Gasteiger partial charge in [-0.1, -0.05) is 31.4 Å². The third kappa shape index (κ3) is 3.27. The fourth-order valence-electron chi connectivity index (χ4n) is 3.21. The van der Waals surface area contributed by atoms with Crippen LogP contribution >= 0.6 is 0 Å². The Morgan fingerprint density at radius 2 is 2.00 bits per heavy atom. The molecule has 0 saturated heterocycles. The second-order valence-corrected chi connectivity index (χ2v) is 5.36. The first-order valence-electron chi connectivity index (χ1n) is 7.46. The van der Waals surface area contributed by atoms with Crippen molar-refractivity contribution in [2.24, 2.45) is 0 Å². The van der Waals surface area contributed by atoms with Crippen molar-refractivity contribution in [3.05, 3.63) is 29.6 Å². The van der Waals surface area contributed by atoms with Gasteiger partial charge in [-0.05, 0) is 38.4 Å². The van der Waals surface area contributed by atoms with Gasteiger partial charge in [-0.25, -0.2) is 4.39 Å². The van der Waals surface area contributed by atoms with Gasteiger partial charge in [0, 0.05) is 19.1 Å². The Balaban J connectivity index is 2.30. The molecule has 0 heterocycles. The van der Waals surface area contributed by atoms with Crippen LogP contribution in [0.4, 0.5) is 10.1 Å². The highest BCUT2D eigenvalue weighted by Crippen LogP contribution is 2.31. The minimum absolute atomic E-state index is 0.0832. The van der Waals surface area contributed by atoms with Gasteiger partial charge in [0.2, 0.25) is 0 Å². The summed E-state index contributed by atoms with van der Waals surface area (Å²) in [4.78, 5) is 2.28. The largest absolute Gasteiger partial charge is 0.366 e. The van der Waals surface area contributed by atoms with E-state index < -0.39 is 0 Å². The van der Waals surface area contributed by atoms with Gasteiger partial charge in [-0.15, -0.1) is 0 Å². The third-order valence-electron chi connectivity index (χ3n) is 4.08. The number of benzene rings is 1. The van der Waals surface area contributed by atoms with E-state index in [9.17, 15) is 4.39 Å². The maximum Gasteiger partial charge on any atom is 0.146 e. The molecule has 1 saturated carbocycles. The zero-order chi connectivity index (χ0) is 13.7. The molecular weight excluding hydrogens is 239 g/mol. The van der Waals surface area contributed by atoms with Crippen molar-refractivity contribution in [2.45, 2.75) is 51.6 Å². The maximum absolute atomic E-state index is 14.3. The minimum Gasteiger partial charge on any atom is -0.366 e. The molecule has 3 heteroatoms. The highest BCUT2D eigenvalue weighted by atomic mass is 19.1. The van der Waals surface area contributed by atoms with Gasteiger partial charge < -0.3 is 10.2 Å². The fourth-order valence-corrected chi connectivity index (χ4v) is 3.21. The summed E-state index contributed by atoms with van der Waals surface area (Å²) in [7, 11) is 1.91. The Kier molecular flexibility index (Phi) is 5.20. The Bertz CT molecular complexity index is 400. The SMILES string of the molecule is CCN(c1c(F)cccc1CNC)C1CCCCC1. The van der Waals surface area contributed by atoms with Crippen molar-refractivity contribution in [3.63, 3.8) is 0 Å². The van der Waals surface area contributed by atoms with Crippen molar-refractivity contribution in [3.8, 4) is 0 Å². The number of rotatable bonds is 5. The number of nitrogens with one attached hydrogen (secondary N) is 1. The summed E-state index contributed by atoms with van der Waals surface area (Å²) in [6, 6.07) is 5.92. The van der Waals surface area contributed by atoms with Crippen molar-refractivity contribution < 1.29 is 4.39 Å². The molecule has 1 fully saturated rings. The van der Waals surface area contributed by atoms with Crippen LogP contribution in [0.2, 0.25) is 0 Å². The lowest BCUT2D eigenvalue weighted by atomic mass is 9.93. The number of nitrogens with zero attached hydrogens (tertiary/aromatic N) is 1. The van der Waals surface area contributed by atoms with Crippen LogP contribution in [0, 0.1) is 5.82 Å². The van der Waals surface area contributed by atoms with Crippen LogP contribution in [-0.4, -0.2) is 19.6 Å². The van der Waals surface area contributed by atoms with Gasteiger partial charge in [0.05, 0.1) is 5.69 Å². The summed E-state index contributed by atoms with van der Waals surface area (Å²) in [5, 5.41) is 3.14. The lowest BCUT2D eigenvalue weighted by Gasteiger charge is -2.36. The molecule has 1 aliphatic rings. The summed E-state index contributed by atoms with van der Waals surface area (Å²) in [6.07, 6.45) is 6.27. The molecule has 2 rings (SSSR count). The summed E-state index contributed by atoms with van der Waals surface area (Å²) < 4.78 is 14.3.